The molecule has 3 fully saturated rings. The van der Waals surface area contributed by atoms with Crippen molar-refractivity contribution in [1.82, 2.24) is 4.90 Å². The van der Waals surface area contributed by atoms with Gasteiger partial charge >= 0.3 is 0 Å². The van der Waals surface area contributed by atoms with Crippen LogP contribution in [-0.4, -0.2) is 29.4 Å². The van der Waals surface area contributed by atoms with E-state index >= 15 is 0 Å². The van der Waals surface area contributed by atoms with Crippen molar-refractivity contribution in [3.05, 3.63) is 0 Å². The van der Waals surface area contributed by atoms with Gasteiger partial charge in [-0.2, -0.15) is 0 Å². The van der Waals surface area contributed by atoms with Gasteiger partial charge in [0.1, 0.15) is 0 Å². The lowest BCUT2D eigenvalue weighted by molar-refractivity contribution is -0.138. The summed E-state index contributed by atoms with van der Waals surface area (Å²) in [5.74, 6) is 0.421. The summed E-state index contributed by atoms with van der Waals surface area (Å²) in [6.45, 7) is 4.06. The van der Waals surface area contributed by atoms with Crippen LogP contribution >= 0.6 is 12.4 Å². The van der Waals surface area contributed by atoms with Crippen molar-refractivity contribution in [3.8, 4) is 0 Å². The van der Waals surface area contributed by atoms with E-state index in [-0.39, 0.29) is 23.9 Å². The van der Waals surface area contributed by atoms with Gasteiger partial charge in [-0.3, -0.25) is 4.79 Å². The third-order valence-electron chi connectivity index (χ3n) is 5.72. The van der Waals surface area contributed by atoms with Gasteiger partial charge in [0.05, 0.1) is 5.92 Å². The van der Waals surface area contributed by atoms with E-state index in [1.165, 1.54) is 38.5 Å². The molecule has 1 amide bonds. The molecule has 110 valence electrons. The van der Waals surface area contributed by atoms with Crippen LogP contribution in [0.4, 0.5) is 0 Å². The smallest absolute Gasteiger partial charge is 0.227 e. The summed E-state index contributed by atoms with van der Waals surface area (Å²) in [5, 5.41) is 0. The molecule has 3 aliphatic rings. The second-order valence-corrected chi connectivity index (χ2v) is 7.17. The number of nitrogens with zero attached hydrogens (tertiary/aromatic N) is 1. The van der Waals surface area contributed by atoms with E-state index in [0.717, 1.165) is 25.9 Å². The number of carbonyl (C=O) groups is 1. The quantitative estimate of drug-likeness (QED) is 0.806. The van der Waals surface area contributed by atoms with E-state index in [1.54, 1.807) is 0 Å². The number of carbonyl (C=O) groups excluding carboxylic acids is 1. The van der Waals surface area contributed by atoms with E-state index in [0.29, 0.717) is 11.3 Å². The van der Waals surface area contributed by atoms with Crippen LogP contribution in [0.25, 0.3) is 0 Å². The minimum atomic E-state index is -0.273. The molecule has 1 saturated heterocycles. The molecule has 2 atom stereocenters. The van der Waals surface area contributed by atoms with Crippen molar-refractivity contribution in [1.29, 1.82) is 0 Å². The van der Waals surface area contributed by atoms with Crippen LogP contribution in [-0.2, 0) is 4.79 Å². The van der Waals surface area contributed by atoms with Crippen molar-refractivity contribution in [3.63, 3.8) is 0 Å². The average Bonchev–Trinajstić information content (AvgIpc) is 2.72. The van der Waals surface area contributed by atoms with E-state index in [1.807, 2.05) is 0 Å². The normalized spacial score (nSPS) is 36.7. The molecular formula is C15H27ClN2O. The van der Waals surface area contributed by atoms with Crippen LogP contribution in [0.15, 0.2) is 0 Å². The van der Waals surface area contributed by atoms with Gasteiger partial charge in [0.25, 0.3) is 0 Å². The Kier molecular flexibility index (Phi) is 4.18. The Bertz CT molecular complexity index is 352. The second-order valence-electron chi connectivity index (χ2n) is 7.17. The lowest BCUT2D eigenvalue weighted by Crippen LogP contribution is -2.53. The lowest BCUT2D eigenvalue weighted by atomic mass is 9.68. The molecule has 0 aromatic carbocycles. The van der Waals surface area contributed by atoms with Gasteiger partial charge in [-0.05, 0) is 44.4 Å². The zero-order valence-corrected chi connectivity index (χ0v) is 12.8. The molecule has 3 rings (SSSR count). The Morgan fingerprint density at radius 3 is 2.42 bits per heavy atom. The summed E-state index contributed by atoms with van der Waals surface area (Å²) >= 11 is 0. The van der Waals surface area contributed by atoms with Crippen molar-refractivity contribution in [2.75, 3.05) is 13.1 Å². The molecule has 1 aliphatic heterocycles. The van der Waals surface area contributed by atoms with Gasteiger partial charge in [-0.25, -0.2) is 0 Å². The zero-order chi connectivity index (χ0) is 12.8. The van der Waals surface area contributed by atoms with Crippen LogP contribution in [0.3, 0.4) is 0 Å². The number of rotatable bonds is 1. The Morgan fingerprint density at radius 1 is 1.16 bits per heavy atom. The average molecular weight is 287 g/mol. The maximum atomic E-state index is 12.7. The molecule has 2 aliphatic carbocycles. The summed E-state index contributed by atoms with van der Waals surface area (Å²) in [4.78, 5) is 14.8. The SMILES string of the molecule is CC1(N)CCCCC1C(=O)N1CCC2(CCC2)C1.Cl. The summed E-state index contributed by atoms with van der Waals surface area (Å²) in [6.07, 6.45) is 9.61. The standard InChI is InChI=1S/C15H26N2O.ClH/c1-14(16)6-3-2-5-12(14)13(18)17-10-9-15(11-17)7-4-8-15;/h12H,2-11,16H2,1H3;1H. The van der Waals surface area contributed by atoms with Crippen LogP contribution in [0.2, 0.25) is 0 Å². The van der Waals surface area contributed by atoms with Crippen molar-refractivity contribution < 1.29 is 4.79 Å². The Labute approximate surface area is 122 Å². The summed E-state index contributed by atoms with van der Waals surface area (Å²) in [7, 11) is 0. The molecule has 1 spiro atoms. The molecule has 0 aromatic rings. The largest absolute Gasteiger partial charge is 0.342 e. The fourth-order valence-corrected chi connectivity index (χ4v) is 4.19. The van der Waals surface area contributed by atoms with Crippen molar-refractivity contribution in [2.45, 2.75) is 63.8 Å². The monoisotopic (exact) mass is 286 g/mol. The molecule has 19 heavy (non-hydrogen) atoms. The fourth-order valence-electron chi connectivity index (χ4n) is 4.19. The highest BCUT2D eigenvalue weighted by Crippen LogP contribution is 2.48. The summed E-state index contributed by atoms with van der Waals surface area (Å²) in [5.41, 5.74) is 6.59. The first kappa shape index (κ1) is 15.1. The topological polar surface area (TPSA) is 46.3 Å². The molecule has 0 radical (unpaired) electrons. The molecule has 2 saturated carbocycles. The van der Waals surface area contributed by atoms with E-state index in [2.05, 4.69) is 11.8 Å². The maximum Gasteiger partial charge on any atom is 0.227 e. The Morgan fingerprint density at radius 2 is 1.89 bits per heavy atom. The molecule has 0 bridgehead atoms. The zero-order valence-electron chi connectivity index (χ0n) is 12.0. The highest BCUT2D eigenvalue weighted by molar-refractivity contribution is 5.85. The van der Waals surface area contributed by atoms with Gasteiger partial charge in [0.15, 0.2) is 0 Å². The van der Waals surface area contributed by atoms with Crippen LogP contribution in [0, 0.1) is 11.3 Å². The van der Waals surface area contributed by atoms with Gasteiger partial charge in [0.2, 0.25) is 5.91 Å². The van der Waals surface area contributed by atoms with Gasteiger partial charge in [-0.15, -0.1) is 12.4 Å². The van der Waals surface area contributed by atoms with Gasteiger partial charge in [-0.1, -0.05) is 19.3 Å². The van der Waals surface area contributed by atoms with Crippen LogP contribution in [0.1, 0.15) is 58.3 Å². The van der Waals surface area contributed by atoms with Crippen molar-refractivity contribution in [2.24, 2.45) is 17.1 Å². The number of amides is 1. The first-order valence-electron chi connectivity index (χ1n) is 7.60. The van der Waals surface area contributed by atoms with E-state index < -0.39 is 0 Å². The number of halogens is 1. The Hall–Kier alpha value is -0.280. The maximum absolute atomic E-state index is 12.7. The van der Waals surface area contributed by atoms with E-state index in [4.69, 9.17) is 5.73 Å². The minimum absolute atomic E-state index is 0. The fraction of sp³-hybridized carbons (Fsp3) is 0.933. The highest BCUT2D eigenvalue weighted by Gasteiger charge is 2.47. The third-order valence-corrected chi connectivity index (χ3v) is 5.72. The van der Waals surface area contributed by atoms with E-state index in [9.17, 15) is 4.79 Å². The second kappa shape index (κ2) is 5.25. The van der Waals surface area contributed by atoms with Gasteiger partial charge in [0, 0.05) is 18.6 Å². The Balaban J connectivity index is 0.00000133. The molecule has 2 unspecified atom stereocenters. The van der Waals surface area contributed by atoms with Crippen molar-refractivity contribution >= 4 is 18.3 Å². The molecular weight excluding hydrogens is 260 g/mol. The predicted molar refractivity (Wildman–Crippen MR) is 79.3 cm³/mol. The number of likely N-dealkylation sites (tertiary alicyclic amines) is 1. The molecule has 1 heterocycles. The third kappa shape index (κ3) is 2.64. The van der Waals surface area contributed by atoms with Gasteiger partial charge < -0.3 is 10.6 Å². The number of nitrogens with two attached hydrogens (primary N) is 1. The predicted octanol–water partition coefficient (Wildman–Crippen LogP) is 2.72. The molecule has 3 nitrogen and oxygen atoms in total. The summed E-state index contributed by atoms with van der Waals surface area (Å²) in [6, 6.07) is 0. The highest BCUT2D eigenvalue weighted by atomic mass is 35.5. The minimum Gasteiger partial charge on any atom is -0.342 e. The molecule has 0 aromatic heterocycles. The molecule has 4 heteroatoms. The van der Waals surface area contributed by atoms with Crippen LogP contribution < -0.4 is 5.73 Å². The number of hydrogen-bond donors (Lipinski definition) is 1. The first-order chi connectivity index (χ1) is 8.53. The summed E-state index contributed by atoms with van der Waals surface area (Å²) < 4.78 is 0. The lowest BCUT2D eigenvalue weighted by Gasteiger charge is -2.41. The molecule has 2 N–H and O–H groups in total. The van der Waals surface area contributed by atoms with Crippen LogP contribution in [0.5, 0.6) is 0 Å². The number of hydrogen-bond acceptors (Lipinski definition) is 2. The first-order valence-corrected chi connectivity index (χ1v) is 7.60.